The number of piperidine rings is 1. The van der Waals surface area contributed by atoms with Gasteiger partial charge < -0.3 is 20.4 Å². The number of hydrogen-bond acceptors (Lipinski definition) is 7. The fraction of sp³-hybridized carbons (Fsp3) is 0.375. The zero-order valence-corrected chi connectivity index (χ0v) is 19.4. The molecule has 34 heavy (non-hydrogen) atoms. The van der Waals surface area contributed by atoms with Gasteiger partial charge in [-0.3, -0.25) is 9.48 Å². The van der Waals surface area contributed by atoms with Gasteiger partial charge in [-0.05, 0) is 45.2 Å². The molecule has 3 N–H and O–H groups in total. The summed E-state index contributed by atoms with van der Waals surface area (Å²) in [7, 11) is 0. The molecule has 0 bridgehead atoms. The van der Waals surface area contributed by atoms with Gasteiger partial charge >= 0.3 is 5.97 Å². The maximum absolute atomic E-state index is 12.3. The van der Waals surface area contributed by atoms with Gasteiger partial charge in [0.05, 0.1) is 29.2 Å². The fourth-order valence-electron chi connectivity index (χ4n) is 4.10. The second-order valence-corrected chi connectivity index (χ2v) is 8.99. The molecular formula is C24H28N6O4. The summed E-state index contributed by atoms with van der Waals surface area (Å²) in [6, 6.07) is 6.88. The van der Waals surface area contributed by atoms with Crippen molar-refractivity contribution in [3.05, 3.63) is 54.0 Å². The summed E-state index contributed by atoms with van der Waals surface area (Å²) in [5, 5.41) is 27.1. The molecule has 0 atom stereocenters. The highest BCUT2D eigenvalue weighted by atomic mass is 16.4. The first-order valence-electron chi connectivity index (χ1n) is 11.1. The molecule has 178 valence electrons. The molecule has 0 spiro atoms. The summed E-state index contributed by atoms with van der Waals surface area (Å²) in [5.41, 5.74) is 1.36. The Morgan fingerprint density at radius 1 is 1.15 bits per heavy atom. The number of nitrogens with zero attached hydrogens (tertiary/aromatic N) is 5. The van der Waals surface area contributed by atoms with E-state index < -0.39 is 11.6 Å². The third kappa shape index (κ3) is 4.91. The van der Waals surface area contributed by atoms with E-state index in [-0.39, 0.29) is 17.5 Å². The maximum Gasteiger partial charge on any atom is 0.336 e. The van der Waals surface area contributed by atoms with Crippen LogP contribution < -0.4 is 5.32 Å². The van der Waals surface area contributed by atoms with Gasteiger partial charge in [0, 0.05) is 31.0 Å². The molecule has 0 unspecified atom stereocenters. The fourth-order valence-corrected chi connectivity index (χ4v) is 4.10. The summed E-state index contributed by atoms with van der Waals surface area (Å²) >= 11 is 0. The van der Waals surface area contributed by atoms with Crippen LogP contribution in [0.2, 0.25) is 0 Å². The Hall–Kier alpha value is -3.79. The number of carbonyl (C=O) groups excluding carboxylic acids is 1. The van der Waals surface area contributed by atoms with E-state index in [1.54, 1.807) is 41.6 Å². The van der Waals surface area contributed by atoms with Gasteiger partial charge in [-0.2, -0.15) is 5.10 Å². The summed E-state index contributed by atoms with van der Waals surface area (Å²) in [6.45, 7) is 5.97. The number of carbonyl (C=O) groups is 2. The molecule has 1 aliphatic heterocycles. The summed E-state index contributed by atoms with van der Waals surface area (Å²) in [4.78, 5) is 34.5. The number of aliphatic hydroxyl groups is 1. The van der Waals surface area contributed by atoms with Gasteiger partial charge in [-0.1, -0.05) is 18.2 Å². The number of anilines is 2. The number of nitrogens with one attached hydrogen (secondary N) is 1. The predicted molar refractivity (Wildman–Crippen MR) is 126 cm³/mol. The number of rotatable bonds is 6. The van der Waals surface area contributed by atoms with Crippen LogP contribution in [0.5, 0.6) is 0 Å². The van der Waals surface area contributed by atoms with Crippen molar-refractivity contribution in [1.29, 1.82) is 0 Å². The van der Waals surface area contributed by atoms with E-state index >= 15 is 0 Å². The SMILES string of the molecule is Cc1cnc(Nc2cnn(C3CCN(C(=O)C(C)(C)O)CC3)c2)nc1-c1ccccc1C(=O)O. The minimum atomic E-state index is -1.37. The van der Waals surface area contributed by atoms with Crippen LogP contribution in [0.1, 0.15) is 48.7 Å². The molecule has 1 aromatic carbocycles. The zero-order valence-electron chi connectivity index (χ0n) is 19.4. The number of aromatic nitrogens is 4. The van der Waals surface area contributed by atoms with Crippen LogP contribution in [0.3, 0.4) is 0 Å². The number of carboxylic acid groups (broad SMARTS) is 1. The minimum Gasteiger partial charge on any atom is -0.478 e. The second kappa shape index (κ2) is 9.22. The molecule has 1 aliphatic rings. The average Bonchev–Trinajstić information content (AvgIpc) is 3.28. The first-order valence-corrected chi connectivity index (χ1v) is 11.1. The molecule has 10 nitrogen and oxygen atoms in total. The van der Waals surface area contributed by atoms with Crippen LogP contribution in [0.25, 0.3) is 11.3 Å². The summed E-state index contributed by atoms with van der Waals surface area (Å²) in [6.07, 6.45) is 6.68. The van der Waals surface area contributed by atoms with E-state index in [1.807, 2.05) is 17.8 Å². The lowest BCUT2D eigenvalue weighted by molar-refractivity contribution is -0.149. The Balaban J connectivity index is 1.47. The maximum atomic E-state index is 12.3. The highest BCUT2D eigenvalue weighted by Crippen LogP contribution is 2.28. The molecule has 1 fully saturated rings. The predicted octanol–water partition coefficient (Wildman–Crippen LogP) is 3.02. The molecular weight excluding hydrogens is 436 g/mol. The lowest BCUT2D eigenvalue weighted by atomic mass is 10.0. The van der Waals surface area contributed by atoms with Crippen LogP contribution in [0.4, 0.5) is 11.6 Å². The van der Waals surface area contributed by atoms with Gasteiger partial charge in [0.1, 0.15) is 5.60 Å². The Labute approximate surface area is 197 Å². The Morgan fingerprint density at radius 3 is 2.53 bits per heavy atom. The Morgan fingerprint density at radius 2 is 1.85 bits per heavy atom. The van der Waals surface area contributed by atoms with Crippen LogP contribution in [-0.2, 0) is 4.79 Å². The third-order valence-electron chi connectivity index (χ3n) is 5.89. The van der Waals surface area contributed by atoms with Gasteiger partial charge in [0.25, 0.3) is 5.91 Å². The van der Waals surface area contributed by atoms with Gasteiger partial charge in [-0.25, -0.2) is 14.8 Å². The van der Waals surface area contributed by atoms with Crippen LogP contribution in [-0.4, -0.2) is 65.4 Å². The Bertz CT molecular complexity index is 1210. The van der Waals surface area contributed by atoms with Crippen LogP contribution >= 0.6 is 0 Å². The largest absolute Gasteiger partial charge is 0.478 e. The molecule has 2 aromatic heterocycles. The van der Waals surface area contributed by atoms with E-state index in [1.165, 1.54) is 13.8 Å². The monoisotopic (exact) mass is 464 g/mol. The number of amides is 1. The first-order chi connectivity index (χ1) is 16.1. The van der Waals surface area contributed by atoms with Crippen molar-refractivity contribution in [1.82, 2.24) is 24.6 Å². The number of carboxylic acids is 1. The minimum absolute atomic E-state index is 0.137. The first kappa shape index (κ1) is 23.4. The van der Waals surface area contributed by atoms with Gasteiger partial charge in [0.2, 0.25) is 5.95 Å². The standard InChI is InChI=1S/C24H28N6O4/c1-15-12-25-23(28-20(15)18-6-4-5-7-19(18)21(31)32)27-16-13-26-30(14-16)17-8-10-29(11-9-17)22(33)24(2,3)34/h4-7,12-14,17,34H,8-11H2,1-3H3,(H,31,32)(H,25,27,28). The van der Waals surface area contributed by atoms with Crippen molar-refractivity contribution in [3.8, 4) is 11.3 Å². The highest BCUT2D eigenvalue weighted by Gasteiger charge is 2.32. The number of benzene rings is 1. The molecule has 3 heterocycles. The topological polar surface area (TPSA) is 133 Å². The number of aromatic carboxylic acids is 1. The average molecular weight is 465 g/mol. The van der Waals surface area contributed by atoms with Crippen molar-refractivity contribution >= 4 is 23.5 Å². The van der Waals surface area contributed by atoms with Crippen molar-refractivity contribution < 1.29 is 19.8 Å². The number of aryl methyl sites for hydroxylation is 1. The molecule has 4 rings (SSSR count). The molecule has 0 aliphatic carbocycles. The van der Waals surface area contributed by atoms with E-state index in [9.17, 15) is 19.8 Å². The molecule has 3 aromatic rings. The van der Waals surface area contributed by atoms with E-state index in [0.717, 1.165) is 18.4 Å². The third-order valence-corrected chi connectivity index (χ3v) is 5.89. The van der Waals surface area contributed by atoms with Crippen molar-refractivity contribution in [3.63, 3.8) is 0 Å². The van der Waals surface area contributed by atoms with Gasteiger partial charge in [-0.15, -0.1) is 0 Å². The quantitative estimate of drug-likeness (QED) is 0.507. The lowest BCUT2D eigenvalue weighted by Crippen LogP contribution is -2.48. The smallest absolute Gasteiger partial charge is 0.336 e. The van der Waals surface area contributed by atoms with E-state index in [4.69, 9.17) is 0 Å². The molecule has 1 saturated heterocycles. The van der Waals surface area contributed by atoms with Crippen LogP contribution in [0, 0.1) is 6.92 Å². The summed E-state index contributed by atoms with van der Waals surface area (Å²) in [5.74, 6) is -0.934. The van der Waals surface area contributed by atoms with Crippen molar-refractivity contribution in [2.75, 3.05) is 18.4 Å². The molecule has 1 amide bonds. The van der Waals surface area contributed by atoms with Gasteiger partial charge in [0.15, 0.2) is 0 Å². The molecule has 0 saturated carbocycles. The van der Waals surface area contributed by atoms with Crippen LogP contribution in [0.15, 0.2) is 42.9 Å². The molecule has 0 radical (unpaired) electrons. The molecule has 10 heteroatoms. The normalized spacial score (nSPS) is 14.8. The van der Waals surface area contributed by atoms with Crippen molar-refractivity contribution in [2.45, 2.75) is 45.3 Å². The van der Waals surface area contributed by atoms with Crippen molar-refractivity contribution in [2.24, 2.45) is 0 Å². The zero-order chi connectivity index (χ0) is 24.5. The highest BCUT2D eigenvalue weighted by molar-refractivity contribution is 5.95. The van der Waals surface area contributed by atoms with E-state index in [0.29, 0.717) is 36.0 Å². The lowest BCUT2D eigenvalue weighted by Gasteiger charge is -2.35. The van der Waals surface area contributed by atoms with E-state index in [2.05, 4.69) is 20.4 Å². The Kier molecular flexibility index (Phi) is 6.34. The number of likely N-dealkylation sites (tertiary alicyclic amines) is 1. The summed E-state index contributed by atoms with van der Waals surface area (Å²) < 4.78 is 1.86. The number of hydrogen-bond donors (Lipinski definition) is 3. The second-order valence-electron chi connectivity index (χ2n) is 8.99.